The number of H-pyrrole nitrogens is 1. The molecule has 2 aliphatic rings. The van der Waals surface area contributed by atoms with E-state index in [0.717, 1.165) is 35.1 Å². The summed E-state index contributed by atoms with van der Waals surface area (Å²) in [5.41, 5.74) is 4.77. The maximum atomic E-state index is 12.7. The molecule has 0 unspecified atom stereocenters. The quantitative estimate of drug-likeness (QED) is 0.457. The SMILES string of the molecule is C1CCCC1.Cc1[nH]c2ccc(CCN3CCCC3)cc2c1C(=O)OCc1ccccc1. The number of benzene rings is 2. The van der Waals surface area contributed by atoms with Gasteiger partial charge in [-0.15, -0.1) is 0 Å². The Kier molecular flexibility index (Phi) is 8.00. The number of hydrogen-bond donors (Lipinski definition) is 1. The summed E-state index contributed by atoms with van der Waals surface area (Å²) in [6.07, 6.45) is 11.1. The average Bonchev–Trinajstić information content (AvgIpc) is 3.59. The van der Waals surface area contributed by atoms with Gasteiger partial charge < -0.3 is 14.6 Å². The molecule has 0 bridgehead atoms. The molecule has 5 rings (SSSR count). The van der Waals surface area contributed by atoms with E-state index < -0.39 is 0 Å². The lowest BCUT2D eigenvalue weighted by Crippen LogP contribution is -2.21. The van der Waals surface area contributed by atoms with Crippen LogP contribution in [-0.4, -0.2) is 35.5 Å². The van der Waals surface area contributed by atoms with Gasteiger partial charge >= 0.3 is 5.97 Å². The van der Waals surface area contributed by atoms with E-state index in [1.807, 2.05) is 37.3 Å². The van der Waals surface area contributed by atoms with Crippen molar-refractivity contribution in [2.24, 2.45) is 0 Å². The molecule has 0 radical (unpaired) electrons. The minimum Gasteiger partial charge on any atom is -0.457 e. The maximum absolute atomic E-state index is 12.7. The Balaban J connectivity index is 0.000000433. The normalized spacial score (nSPS) is 16.2. The molecule has 0 amide bonds. The van der Waals surface area contributed by atoms with Crippen molar-refractivity contribution in [2.75, 3.05) is 19.6 Å². The van der Waals surface area contributed by atoms with E-state index >= 15 is 0 Å². The number of carbonyl (C=O) groups is 1. The predicted molar refractivity (Wildman–Crippen MR) is 131 cm³/mol. The zero-order valence-electron chi connectivity index (χ0n) is 19.4. The predicted octanol–water partition coefficient (Wildman–Crippen LogP) is 6.42. The first-order chi connectivity index (χ1) is 15.7. The number of aryl methyl sites for hydroxylation is 1. The van der Waals surface area contributed by atoms with Crippen LogP contribution in [0.3, 0.4) is 0 Å². The van der Waals surface area contributed by atoms with Crippen LogP contribution in [0.15, 0.2) is 48.5 Å². The van der Waals surface area contributed by atoms with Crippen LogP contribution in [0.2, 0.25) is 0 Å². The first-order valence-electron chi connectivity index (χ1n) is 12.3. The summed E-state index contributed by atoms with van der Waals surface area (Å²) in [7, 11) is 0. The molecule has 3 aromatic rings. The minimum absolute atomic E-state index is 0.265. The summed E-state index contributed by atoms with van der Waals surface area (Å²) in [4.78, 5) is 18.6. The second kappa shape index (κ2) is 11.3. The van der Waals surface area contributed by atoms with Gasteiger partial charge in [0.1, 0.15) is 6.61 Å². The lowest BCUT2D eigenvalue weighted by molar-refractivity contribution is 0.0474. The molecule has 2 fully saturated rings. The summed E-state index contributed by atoms with van der Waals surface area (Å²) in [5.74, 6) is -0.265. The Hall–Kier alpha value is -2.59. The molecule has 0 spiro atoms. The number of rotatable bonds is 6. The van der Waals surface area contributed by atoms with Gasteiger partial charge in [-0.2, -0.15) is 0 Å². The third-order valence-electron chi connectivity index (χ3n) is 6.63. The van der Waals surface area contributed by atoms with Crippen LogP contribution in [0.1, 0.15) is 72.1 Å². The van der Waals surface area contributed by atoms with Gasteiger partial charge in [-0.05, 0) is 62.5 Å². The van der Waals surface area contributed by atoms with Crippen LogP contribution in [0, 0.1) is 6.92 Å². The Morgan fingerprint density at radius 3 is 2.28 bits per heavy atom. The molecular weight excluding hydrogens is 396 g/mol. The van der Waals surface area contributed by atoms with Crippen LogP contribution in [0.5, 0.6) is 0 Å². The van der Waals surface area contributed by atoms with Crippen molar-refractivity contribution in [3.63, 3.8) is 0 Å². The Labute approximate surface area is 192 Å². The monoisotopic (exact) mass is 432 g/mol. The molecule has 1 saturated heterocycles. The molecule has 4 nitrogen and oxygen atoms in total. The van der Waals surface area contributed by atoms with E-state index in [-0.39, 0.29) is 5.97 Å². The largest absolute Gasteiger partial charge is 0.457 e. The van der Waals surface area contributed by atoms with Crippen LogP contribution < -0.4 is 0 Å². The number of carbonyl (C=O) groups excluding carboxylic acids is 1. The fourth-order valence-corrected chi connectivity index (χ4v) is 4.76. The van der Waals surface area contributed by atoms with Crippen molar-refractivity contribution >= 4 is 16.9 Å². The first-order valence-corrected chi connectivity index (χ1v) is 12.3. The number of nitrogens with zero attached hydrogens (tertiary/aromatic N) is 1. The van der Waals surface area contributed by atoms with Gasteiger partial charge in [-0.25, -0.2) is 4.79 Å². The van der Waals surface area contributed by atoms with Crippen molar-refractivity contribution in [1.82, 2.24) is 9.88 Å². The fourth-order valence-electron chi connectivity index (χ4n) is 4.76. The lowest BCUT2D eigenvalue weighted by Gasteiger charge is -2.14. The summed E-state index contributed by atoms with van der Waals surface area (Å²) in [5, 5.41) is 0.962. The third kappa shape index (κ3) is 6.01. The smallest absolute Gasteiger partial charge is 0.340 e. The molecule has 1 N–H and O–H groups in total. The van der Waals surface area contributed by atoms with E-state index in [2.05, 4.69) is 28.1 Å². The number of aromatic nitrogens is 1. The molecule has 1 saturated carbocycles. The van der Waals surface area contributed by atoms with Gasteiger partial charge in [0.05, 0.1) is 5.56 Å². The highest BCUT2D eigenvalue weighted by Gasteiger charge is 2.18. The second-order valence-corrected chi connectivity index (χ2v) is 9.13. The zero-order chi connectivity index (χ0) is 22.2. The Bertz CT molecular complexity index is 991. The van der Waals surface area contributed by atoms with Crippen LogP contribution in [0.25, 0.3) is 10.9 Å². The van der Waals surface area contributed by atoms with Gasteiger partial charge in [-0.1, -0.05) is 68.5 Å². The number of ether oxygens (including phenoxy) is 1. The number of likely N-dealkylation sites (tertiary alicyclic amines) is 1. The molecule has 0 atom stereocenters. The first kappa shape index (κ1) is 22.6. The van der Waals surface area contributed by atoms with E-state index in [4.69, 9.17) is 4.74 Å². The lowest BCUT2D eigenvalue weighted by atomic mass is 10.1. The molecule has 1 aliphatic heterocycles. The third-order valence-corrected chi connectivity index (χ3v) is 6.63. The molecule has 2 aromatic carbocycles. The van der Waals surface area contributed by atoms with E-state index in [9.17, 15) is 4.79 Å². The standard InChI is InChI=1S/C23H26N2O2.C5H10/c1-17-22(23(26)27-16-19-7-3-2-4-8-19)20-15-18(9-10-21(20)24-17)11-14-25-12-5-6-13-25;1-2-4-5-3-1/h2-4,7-10,15,24H,5-6,11-14,16H2,1H3;1-5H2. The molecule has 2 heterocycles. The zero-order valence-corrected chi connectivity index (χ0v) is 19.4. The van der Waals surface area contributed by atoms with E-state index in [0.29, 0.717) is 12.2 Å². The molecule has 1 aliphatic carbocycles. The van der Waals surface area contributed by atoms with Gasteiger partial charge in [0.2, 0.25) is 0 Å². The second-order valence-electron chi connectivity index (χ2n) is 9.13. The maximum Gasteiger partial charge on any atom is 0.340 e. The summed E-state index contributed by atoms with van der Waals surface area (Å²) >= 11 is 0. The van der Waals surface area contributed by atoms with Crippen molar-refractivity contribution in [3.05, 3.63) is 70.9 Å². The van der Waals surface area contributed by atoms with Crippen molar-refractivity contribution in [3.8, 4) is 0 Å². The Morgan fingerprint density at radius 2 is 1.59 bits per heavy atom. The van der Waals surface area contributed by atoms with Crippen LogP contribution >= 0.6 is 0 Å². The van der Waals surface area contributed by atoms with Crippen molar-refractivity contribution < 1.29 is 9.53 Å². The van der Waals surface area contributed by atoms with Gasteiger partial charge in [0.25, 0.3) is 0 Å². The van der Waals surface area contributed by atoms with Crippen LogP contribution in [0.4, 0.5) is 0 Å². The Morgan fingerprint density at radius 1 is 0.906 bits per heavy atom. The minimum atomic E-state index is -0.265. The molecule has 170 valence electrons. The number of esters is 1. The van der Waals surface area contributed by atoms with Gasteiger partial charge in [-0.3, -0.25) is 0 Å². The number of nitrogens with one attached hydrogen (secondary N) is 1. The van der Waals surface area contributed by atoms with Crippen LogP contribution in [-0.2, 0) is 17.8 Å². The topological polar surface area (TPSA) is 45.3 Å². The average molecular weight is 433 g/mol. The molecule has 4 heteroatoms. The van der Waals surface area contributed by atoms with E-state index in [1.54, 1.807) is 0 Å². The van der Waals surface area contributed by atoms with Crippen molar-refractivity contribution in [1.29, 1.82) is 0 Å². The van der Waals surface area contributed by atoms with E-state index in [1.165, 1.54) is 63.6 Å². The molecule has 1 aromatic heterocycles. The highest BCUT2D eigenvalue weighted by molar-refractivity contribution is 6.05. The summed E-state index contributed by atoms with van der Waals surface area (Å²) in [6.45, 7) is 5.73. The fraction of sp³-hybridized carbons (Fsp3) is 0.464. The highest BCUT2D eigenvalue weighted by Crippen LogP contribution is 2.25. The van der Waals surface area contributed by atoms with Gasteiger partial charge in [0, 0.05) is 23.1 Å². The number of hydrogen-bond acceptors (Lipinski definition) is 3. The summed E-state index contributed by atoms with van der Waals surface area (Å²) < 4.78 is 5.58. The molecular formula is C28H36N2O2. The highest BCUT2D eigenvalue weighted by atomic mass is 16.5. The van der Waals surface area contributed by atoms with Crippen molar-refractivity contribution in [2.45, 2.75) is 64.9 Å². The number of aromatic amines is 1. The van der Waals surface area contributed by atoms with Gasteiger partial charge in [0.15, 0.2) is 0 Å². The molecule has 32 heavy (non-hydrogen) atoms. The summed E-state index contributed by atoms with van der Waals surface area (Å²) in [6, 6.07) is 16.2. The number of fused-ring (bicyclic) bond motifs is 1.